The first-order valence-corrected chi connectivity index (χ1v) is 7.88. The maximum absolute atomic E-state index is 6.57. The van der Waals surface area contributed by atoms with Crippen LogP contribution in [-0.2, 0) is 11.2 Å². The molecule has 1 atom stereocenters. The van der Waals surface area contributed by atoms with Crippen molar-refractivity contribution in [3.05, 3.63) is 42.1 Å². The van der Waals surface area contributed by atoms with Crippen LogP contribution in [0.1, 0.15) is 37.7 Å². The smallest absolute Gasteiger partial charge is 0.0832 e. The van der Waals surface area contributed by atoms with Crippen molar-refractivity contribution >= 4 is 10.9 Å². The van der Waals surface area contributed by atoms with E-state index in [2.05, 4.69) is 29.2 Å². The van der Waals surface area contributed by atoms with Gasteiger partial charge in [-0.25, -0.2) is 0 Å². The molecule has 0 aliphatic heterocycles. The Bertz CT molecular complexity index is 600. The summed E-state index contributed by atoms with van der Waals surface area (Å²) in [6.45, 7) is 0. The zero-order valence-corrected chi connectivity index (χ0v) is 12.7. The van der Waals surface area contributed by atoms with E-state index in [0.717, 1.165) is 24.8 Å². The van der Waals surface area contributed by atoms with Crippen molar-refractivity contribution in [2.24, 2.45) is 5.73 Å². The van der Waals surface area contributed by atoms with E-state index in [4.69, 9.17) is 10.5 Å². The fraction of sp³-hybridized carbons (Fsp3) is 0.500. The number of nitrogens with zero attached hydrogens (tertiary/aromatic N) is 1. The van der Waals surface area contributed by atoms with Crippen molar-refractivity contribution in [2.45, 2.75) is 50.2 Å². The van der Waals surface area contributed by atoms with Gasteiger partial charge in [0.05, 0.1) is 11.1 Å². The number of benzene rings is 1. The topological polar surface area (TPSA) is 48.1 Å². The molecular weight excluding hydrogens is 260 g/mol. The number of rotatable bonds is 4. The Morgan fingerprint density at radius 1 is 1.19 bits per heavy atom. The molecule has 1 heterocycles. The van der Waals surface area contributed by atoms with Crippen LogP contribution in [0, 0.1) is 0 Å². The molecule has 0 bridgehead atoms. The van der Waals surface area contributed by atoms with E-state index in [1.54, 1.807) is 0 Å². The van der Waals surface area contributed by atoms with Gasteiger partial charge in [0, 0.05) is 24.7 Å². The number of pyridine rings is 1. The van der Waals surface area contributed by atoms with Crippen LogP contribution >= 0.6 is 0 Å². The van der Waals surface area contributed by atoms with Crippen LogP contribution in [-0.4, -0.2) is 23.7 Å². The molecular formula is C18H24N2O. The molecule has 1 aromatic carbocycles. The third-order valence-corrected chi connectivity index (χ3v) is 4.96. The number of methoxy groups -OCH3 is 1. The summed E-state index contributed by atoms with van der Waals surface area (Å²) in [4.78, 5) is 4.43. The molecule has 2 N–H and O–H groups in total. The standard InChI is InChI=1S/C18H24N2O/c1-21-18(10-5-2-6-11-18)17(19)13-14-9-12-20-16-8-4-3-7-15(14)16/h3-4,7-9,12,17H,2,5-6,10-11,13,19H2,1H3. The summed E-state index contributed by atoms with van der Waals surface area (Å²) in [5.41, 5.74) is 8.73. The Kier molecular flexibility index (Phi) is 4.22. The van der Waals surface area contributed by atoms with Gasteiger partial charge in [-0.3, -0.25) is 4.98 Å². The lowest BCUT2D eigenvalue weighted by atomic mass is 9.77. The molecule has 21 heavy (non-hydrogen) atoms. The Balaban J connectivity index is 1.87. The van der Waals surface area contributed by atoms with Crippen LogP contribution in [0.3, 0.4) is 0 Å². The fourth-order valence-corrected chi connectivity index (χ4v) is 3.63. The number of hydrogen-bond donors (Lipinski definition) is 1. The van der Waals surface area contributed by atoms with Gasteiger partial charge in [0.15, 0.2) is 0 Å². The summed E-state index contributed by atoms with van der Waals surface area (Å²) in [7, 11) is 1.82. The Morgan fingerprint density at radius 2 is 1.95 bits per heavy atom. The highest BCUT2D eigenvalue weighted by molar-refractivity contribution is 5.81. The number of fused-ring (bicyclic) bond motifs is 1. The highest BCUT2D eigenvalue weighted by Gasteiger charge is 2.38. The fourth-order valence-electron chi connectivity index (χ4n) is 3.63. The number of ether oxygens (including phenoxy) is 1. The monoisotopic (exact) mass is 284 g/mol. The lowest BCUT2D eigenvalue weighted by molar-refractivity contribution is -0.0582. The van der Waals surface area contributed by atoms with Gasteiger partial charge < -0.3 is 10.5 Å². The highest BCUT2D eigenvalue weighted by atomic mass is 16.5. The van der Waals surface area contributed by atoms with Gasteiger partial charge in [-0.1, -0.05) is 37.5 Å². The molecule has 1 unspecified atom stereocenters. The van der Waals surface area contributed by atoms with Crippen molar-refractivity contribution in [2.75, 3.05) is 7.11 Å². The van der Waals surface area contributed by atoms with Crippen LogP contribution in [0.4, 0.5) is 0 Å². The van der Waals surface area contributed by atoms with Gasteiger partial charge in [0.1, 0.15) is 0 Å². The molecule has 2 aromatic rings. The summed E-state index contributed by atoms with van der Waals surface area (Å²) < 4.78 is 5.88. The normalized spacial score (nSPS) is 19.5. The van der Waals surface area contributed by atoms with Gasteiger partial charge in [0.25, 0.3) is 0 Å². The summed E-state index contributed by atoms with van der Waals surface area (Å²) in [5, 5.41) is 1.21. The average Bonchev–Trinajstić information content (AvgIpc) is 2.56. The van der Waals surface area contributed by atoms with Crippen molar-refractivity contribution < 1.29 is 4.74 Å². The van der Waals surface area contributed by atoms with E-state index in [-0.39, 0.29) is 11.6 Å². The second-order valence-corrected chi connectivity index (χ2v) is 6.13. The lowest BCUT2D eigenvalue weighted by Crippen LogP contribution is -2.51. The minimum atomic E-state index is -0.150. The third-order valence-electron chi connectivity index (χ3n) is 4.96. The predicted octanol–water partition coefficient (Wildman–Crippen LogP) is 3.45. The zero-order valence-electron chi connectivity index (χ0n) is 12.7. The van der Waals surface area contributed by atoms with Crippen LogP contribution in [0.15, 0.2) is 36.5 Å². The molecule has 1 fully saturated rings. The van der Waals surface area contributed by atoms with Crippen LogP contribution in [0.5, 0.6) is 0 Å². The Hall–Kier alpha value is -1.45. The summed E-state index contributed by atoms with van der Waals surface area (Å²) in [6, 6.07) is 10.4. The van der Waals surface area contributed by atoms with E-state index in [1.807, 2.05) is 19.4 Å². The van der Waals surface area contributed by atoms with Gasteiger partial charge in [-0.15, -0.1) is 0 Å². The van der Waals surface area contributed by atoms with E-state index in [0.29, 0.717) is 0 Å². The summed E-state index contributed by atoms with van der Waals surface area (Å²) in [5.74, 6) is 0. The number of nitrogens with two attached hydrogens (primary N) is 1. The lowest BCUT2D eigenvalue weighted by Gasteiger charge is -2.41. The van der Waals surface area contributed by atoms with E-state index < -0.39 is 0 Å². The summed E-state index contributed by atoms with van der Waals surface area (Å²) >= 11 is 0. The molecule has 3 nitrogen and oxygen atoms in total. The Labute approximate surface area is 126 Å². The largest absolute Gasteiger partial charge is 0.377 e. The second-order valence-electron chi connectivity index (χ2n) is 6.13. The van der Waals surface area contributed by atoms with Crippen molar-refractivity contribution in [1.29, 1.82) is 0 Å². The van der Waals surface area contributed by atoms with Crippen molar-refractivity contribution in [3.8, 4) is 0 Å². The first-order chi connectivity index (χ1) is 10.2. The molecule has 1 saturated carbocycles. The number of para-hydroxylation sites is 1. The predicted molar refractivity (Wildman–Crippen MR) is 86.2 cm³/mol. The molecule has 0 saturated heterocycles. The molecule has 0 radical (unpaired) electrons. The van der Waals surface area contributed by atoms with Gasteiger partial charge in [-0.05, 0) is 37.0 Å². The molecule has 1 aromatic heterocycles. The minimum absolute atomic E-state index is 0.0357. The molecule has 1 aliphatic rings. The second kappa shape index (κ2) is 6.12. The van der Waals surface area contributed by atoms with Gasteiger partial charge in [0.2, 0.25) is 0 Å². The molecule has 0 spiro atoms. The van der Waals surface area contributed by atoms with Crippen LogP contribution < -0.4 is 5.73 Å². The zero-order chi connectivity index (χ0) is 14.7. The van der Waals surface area contributed by atoms with Crippen molar-refractivity contribution in [3.63, 3.8) is 0 Å². The average molecular weight is 284 g/mol. The quantitative estimate of drug-likeness (QED) is 0.935. The van der Waals surface area contributed by atoms with Gasteiger partial charge in [-0.2, -0.15) is 0 Å². The summed E-state index contributed by atoms with van der Waals surface area (Å²) in [6.07, 6.45) is 8.62. The number of aromatic nitrogens is 1. The molecule has 1 aliphatic carbocycles. The third kappa shape index (κ3) is 2.81. The van der Waals surface area contributed by atoms with E-state index in [9.17, 15) is 0 Å². The van der Waals surface area contributed by atoms with Crippen molar-refractivity contribution in [1.82, 2.24) is 4.98 Å². The number of hydrogen-bond acceptors (Lipinski definition) is 3. The molecule has 3 rings (SSSR count). The maximum Gasteiger partial charge on any atom is 0.0832 e. The minimum Gasteiger partial charge on any atom is -0.377 e. The first-order valence-electron chi connectivity index (χ1n) is 7.88. The highest BCUT2D eigenvalue weighted by Crippen LogP contribution is 2.35. The maximum atomic E-state index is 6.57. The molecule has 0 amide bonds. The molecule has 3 heteroatoms. The van der Waals surface area contributed by atoms with Gasteiger partial charge >= 0.3 is 0 Å². The van der Waals surface area contributed by atoms with E-state index >= 15 is 0 Å². The SMILES string of the molecule is COC1(C(N)Cc2ccnc3ccccc23)CCCCC1. The first kappa shape index (κ1) is 14.5. The molecule has 112 valence electrons. The Morgan fingerprint density at radius 3 is 2.71 bits per heavy atom. The van der Waals surface area contributed by atoms with Crippen LogP contribution in [0.25, 0.3) is 10.9 Å². The van der Waals surface area contributed by atoms with E-state index in [1.165, 1.54) is 30.2 Å². The van der Waals surface area contributed by atoms with Crippen LogP contribution in [0.2, 0.25) is 0 Å².